The van der Waals surface area contributed by atoms with Crippen LogP contribution in [0.2, 0.25) is 0 Å². The third-order valence-corrected chi connectivity index (χ3v) is 5.77. The number of benzene rings is 2. The summed E-state index contributed by atoms with van der Waals surface area (Å²) in [6, 6.07) is 11.5. The van der Waals surface area contributed by atoms with E-state index >= 15 is 0 Å². The van der Waals surface area contributed by atoms with Crippen LogP contribution < -0.4 is 4.74 Å². The van der Waals surface area contributed by atoms with E-state index in [0.29, 0.717) is 12.8 Å². The second kappa shape index (κ2) is 8.88. The number of alkyl halides is 3. The van der Waals surface area contributed by atoms with Crippen molar-refractivity contribution >= 4 is 16.1 Å². The van der Waals surface area contributed by atoms with Crippen LogP contribution in [0.5, 0.6) is 5.75 Å². The van der Waals surface area contributed by atoms with Crippen molar-refractivity contribution in [2.45, 2.75) is 37.5 Å². The summed E-state index contributed by atoms with van der Waals surface area (Å²) in [6.07, 6.45) is -2.12. The van der Waals surface area contributed by atoms with Gasteiger partial charge in [-0.2, -0.15) is 13.2 Å². The van der Waals surface area contributed by atoms with E-state index in [9.17, 15) is 30.9 Å². The molecular weight excluding hydrogens is 437 g/mol. The highest BCUT2D eigenvalue weighted by atomic mass is 32.2. The van der Waals surface area contributed by atoms with Gasteiger partial charge >= 0.3 is 12.1 Å². The average molecular weight is 457 g/mol. The van der Waals surface area contributed by atoms with Crippen LogP contribution in [0.1, 0.15) is 47.2 Å². The molecule has 0 amide bonds. The summed E-state index contributed by atoms with van der Waals surface area (Å²) in [5, 5.41) is 0. The molecule has 3 rings (SSSR count). The molecule has 2 aromatic carbocycles. The molecular formula is C21H20F3O6S-. The van der Waals surface area contributed by atoms with Gasteiger partial charge in [0.05, 0.1) is 27.0 Å². The lowest BCUT2D eigenvalue weighted by atomic mass is 9.91. The molecule has 0 atom stereocenters. The predicted molar refractivity (Wildman–Crippen MR) is 104 cm³/mol. The van der Waals surface area contributed by atoms with E-state index in [1.807, 2.05) is 0 Å². The van der Waals surface area contributed by atoms with Crippen molar-refractivity contribution in [2.75, 3.05) is 12.4 Å². The maximum absolute atomic E-state index is 13.6. The van der Waals surface area contributed by atoms with Crippen LogP contribution in [0.3, 0.4) is 0 Å². The fraction of sp³-hybridized carbons (Fsp3) is 0.381. The average Bonchev–Trinajstić information content (AvgIpc) is 3.16. The first-order valence-corrected chi connectivity index (χ1v) is 11.1. The van der Waals surface area contributed by atoms with Gasteiger partial charge in [-0.1, -0.05) is 30.3 Å². The predicted octanol–water partition coefficient (Wildman–Crippen LogP) is 4.26. The summed E-state index contributed by atoms with van der Waals surface area (Å²) in [5.41, 5.74) is -1.49. The fourth-order valence-electron chi connectivity index (χ4n) is 3.64. The number of hydrogen-bond donors (Lipinski definition) is 0. The van der Waals surface area contributed by atoms with Gasteiger partial charge in [0.1, 0.15) is 18.0 Å². The highest BCUT2D eigenvalue weighted by Gasteiger charge is 2.41. The zero-order valence-corrected chi connectivity index (χ0v) is 17.2. The van der Waals surface area contributed by atoms with E-state index in [1.54, 1.807) is 30.3 Å². The van der Waals surface area contributed by atoms with Gasteiger partial charge < -0.3 is 14.0 Å². The lowest BCUT2D eigenvalue weighted by Gasteiger charge is -2.32. The molecule has 0 unspecified atom stereocenters. The van der Waals surface area contributed by atoms with E-state index in [-0.39, 0.29) is 5.56 Å². The fourth-order valence-corrected chi connectivity index (χ4v) is 3.92. The summed E-state index contributed by atoms with van der Waals surface area (Å²) >= 11 is 0. The van der Waals surface area contributed by atoms with E-state index < -0.39 is 51.5 Å². The first kappa shape index (κ1) is 23.1. The second-order valence-electron chi connectivity index (χ2n) is 7.28. The first-order chi connectivity index (χ1) is 14.5. The van der Waals surface area contributed by atoms with Crippen molar-refractivity contribution < 1.29 is 40.4 Å². The number of carbonyl (C=O) groups is 1. The third-order valence-electron chi connectivity index (χ3n) is 5.11. The molecule has 0 radical (unpaired) electrons. The molecule has 0 bridgehead atoms. The smallest absolute Gasteiger partial charge is 0.419 e. The van der Waals surface area contributed by atoms with Gasteiger partial charge in [-0.25, -0.2) is 13.2 Å². The summed E-state index contributed by atoms with van der Waals surface area (Å²) in [6.45, 7) is -0.699. The van der Waals surface area contributed by atoms with Gasteiger partial charge in [0, 0.05) is 0 Å². The van der Waals surface area contributed by atoms with Crippen molar-refractivity contribution in [2.24, 2.45) is 0 Å². The Balaban J connectivity index is 1.93. The van der Waals surface area contributed by atoms with Crippen molar-refractivity contribution in [1.82, 2.24) is 0 Å². The standard InChI is InChI=1S/C21H21F3O6S/c22-21(23,24)17-9-8-15(19(25)29-12-13-31(26,27)28)14-18(17)30-20(10-4-5-11-20)16-6-2-1-3-7-16/h1-3,6-9,14H,4-5,10-13H2,(H,26,27,28)/p-1. The van der Waals surface area contributed by atoms with Crippen LogP contribution in [-0.4, -0.2) is 31.3 Å². The second-order valence-corrected chi connectivity index (χ2v) is 8.80. The summed E-state index contributed by atoms with van der Waals surface area (Å²) in [5.74, 6) is -2.49. The molecule has 0 aromatic heterocycles. The third kappa shape index (κ3) is 5.76. The van der Waals surface area contributed by atoms with Gasteiger partial charge in [0.25, 0.3) is 0 Å². The van der Waals surface area contributed by atoms with Crippen LogP contribution in [-0.2, 0) is 26.6 Å². The van der Waals surface area contributed by atoms with Crippen LogP contribution in [0.25, 0.3) is 0 Å². The Hall–Kier alpha value is -2.59. The molecule has 2 aromatic rings. The van der Waals surface area contributed by atoms with Crippen LogP contribution in [0.4, 0.5) is 13.2 Å². The Kier molecular flexibility index (Phi) is 6.61. The summed E-state index contributed by atoms with van der Waals surface area (Å²) in [7, 11) is -4.59. The molecule has 168 valence electrons. The Morgan fingerprint density at radius 1 is 1.06 bits per heavy atom. The van der Waals surface area contributed by atoms with E-state index in [0.717, 1.165) is 36.6 Å². The molecule has 0 N–H and O–H groups in total. The summed E-state index contributed by atoms with van der Waals surface area (Å²) < 4.78 is 83.4. The molecule has 0 spiro atoms. The highest BCUT2D eigenvalue weighted by molar-refractivity contribution is 7.85. The van der Waals surface area contributed by atoms with Crippen LogP contribution in [0, 0.1) is 0 Å². The van der Waals surface area contributed by atoms with Gasteiger partial charge in [-0.3, -0.25) is 0 Å². The Bertz CT molecular complexity index is 1030. The molecule has 6 nitrogen and oxygen atoms in total. The van der Waals surface area contributed by atoms with E-state index in [4.69, 9.17) is 9.47 Å². The van der Waals surface area contributed by atoms with E-state index in [2.05, 4.69) is 0 Å². The molecule has 1 saturated carbocycles. The number of carbonyl (C=O) groups excluding carboxylic acids is 1. The van der Waals surface area contributed by atoms with Crippen LogP contribution >= 0.6 is 0 Å². The number of ether oxygens (including phenoxy) is 2. The minimum Gasteiger partial charge on any atom is -0.748 e. The highest BCUT2D eigenvalue weighted by Crippen LogP contribution is 2.46. The quantitative estimate of drug-likeness (QED) is 0.456. The van der Waals surface area contributed by atoms with Gasteiger partial charge in [-0.05, 0) is 49.4 Å². The molecule has 0 saturated heterocycles. The van der Waals surface area contributed by atoms with E-state index in [1.165, 1.54) is 0 Å². The largest absolute Gasteiger partial charge is 0.748 e. The molecule has 10 heteroatoms. The molecule has 1 aliphatic carbocycles. The number of rotatable bonds is 7. The zero-order chi connectivity index (χ0) is 22.7. The van der Waals surface area contributed by atoms with Gasteiger partial charge in [0.2, 0.25) is 0 Å². The SMILES string of the molecule is O=C(OCCS(=O)(=O)[O-])c1ccc(C(F)(F)F)c(OC2(c3ccccc3)CCCC2)c1. The number of halogens is 3. The Morgan fingerprint density at radius 2 is 1.71 bits per heavy atom. The van der Waals surface area contributed by atoms with Crippen molar-refractivity contribution in [3.63, 3.8) is 0 Å². The lowest BCUT2D eigenvalue weighted by Crippen LogP contribution is -2.30. The zero-order valence-electron chi connectivity index (χ0n) is 16.4. The maximum Gasteiger partial charge on any atom is 0.419 e. The summed E-state index contributed by atoms with van der Waals surface area (Å²) in [4.78, 5) is 12.2. The van der Waals surface area contributed by atoms with Gasteiger partial charge in [-0.15, -0.1) is 0 Å². The first-order valence-electron chi connectivity index (χ1n) is 9.57. The molecule has 0 heterocycles. The topological polar surface area (TPSA) is 92.7 Å². The number of hydrogen-bond acceptors (Lipinski definition) is 6. The van der Waals surface area contributed by atoms with Gasteiger partial charge in [0.15, 0.2) is 0 Å². The number of esters is 1. The van der Waals surface area contributed by atoms with Crippen LogP contribution in [0.15, 0.2) is 48.5 Å². The minimum absolute atomic E-state index is 0.243. The van der Waals surface area contributed by atoms with Crippen molar-refractivity contribution in [1.29, 1.82) is 0 Å². The monoisotopic (exact) mass is 457 g/mol. The minimum atomic E-state index is -4.72. The molecule has 31 heavy (non-hydrogen) atoms. The molecule has 1 fully saturated rings. The maximum atomic E-state index is 13.6. The Morgan fingerprint density at radius 3 is 2.29 bits per heavy atom. The molecule has 1 aliphatic rings. The van der Waals surface area contributed by atoms with Crippen molar-refractivity contribution in [3.8, 4) is 5.75 Å². The lowest BCUT2D eigenvalue weighted by molar-refractivity contribution is -0.140. The normalized spacial score (nSPS) is 16.1. The molecule has 0 aliphatic heterocycles. The Labute approximate surface area is 177 Å². The van der Waals surface area contributed by atoms with Crippen molar-refractivity contribution in [3.05, 3.63) is 65.2 Å².